The summed E-state index contributed by atoms with van der Waals surface area (Å²) in [4.78, 5) is 20.8. The molecule has 0 saturated carbocycles. The summed E-state index contributed by atoms with van der Waals surface area (Å²) in [5, 5.41) is 27.3. The highest BCUT2D eigenvalue weighted by atomic mass is 19.4. The lowest BCUT2D eigenvalue weighted by molar-refractivity contribution is -0.191. The molecule has 0 unspecified atom stereocenters. The van der Waals surface area contributed by atoms with Gasteiger partial charge in [-0.1, -0.05) is 0 Å². The fourth-order valence-electron chi connectivity index (χ4n) is 1.16. The van der Waals surface area contributed by atoms with Gasteiger partial charge in [-0.3, -0.25) is 4.79 Å². The number of alkyl halides is 3. The van der Waals surface area contributed by atoms with Crippen molar-refractivity contribution in [1.29, 1.82) is 0 Å². The van der Waals surface area contributed by atoms with Crippen LogP contribution in [0.2, 0.25) is 0 Å². The summed E-state index contributed by atoms with van der Waals surface area (Å²) in [5.41, 5.74) is 0. The summed E-state index contributed by atoms with van der Waals surface area (Å²) < 4.78 is 37.0. The third-order valence-corrected chi connectivity index (χ3v) is 1.90. The van der Waals surface area contributed by atoms with Crippen molar-refractivity contribution in [2.24, 2.45) is 5.92 Å². The Balaban J connectivity index is 5.18. The molecule has 6 nitrogen and oxygen atoms in total. The first-order valence-corrected chi connectivity index (χ1v) is 4.00. The van der Waals surface area contributed by atoms with E-state index < -0.39 is 36.2 Å². The smallest absolute Gasteiger partial charge is 0.404 e. The van der Waals surface area contributed by atoms with E-state index in [4.69, 9.17) is 15.3 Å². The number of carboxylic acid groups (broad SMARTS) is 2. The van der Waals surface area contributed by atoms with Gasteiger partial charge in [0.05, 0.1) is 0 Å². The molecule has 0 aliphatic rings. The molecule has 0 aromatic rings. The molecule has 3 atom stereocenters. The van der Waals surface area contributed by atoms with Crippen molar-refractivity contribution in [3.63, 3.8) is 0 Å². The Morgan fingerprint density at radius 1 is 1.19 bits per heavy atom. The predicted octanol–water partition coefficient (Wildman–Crippen LogP) is -0.717. The van der Waals surface area contributed by atoms with E-state index in [-0.39, 0.29) is 0 Å². The Morgan fingerprint density at radius 2 is 1.62 bits per heavy atom. The van der Waals surface area contributed by atoms with Gasteiger partial charge in [0.2, 0.25) is 0 Å². The molecule has 0 fully saturated rings. The lowest BCUT2D eigenvalue weighted by Gasteiger charge is -2.27. The van der Waals surface area contributed by atoms with E-state index >= 15 is 0 Å². The number of carbonyl (C=O) groups is 2. The van der Waals surface area contributed by atoms with E-state index in [0.717, 1.165) is 7.05 Å². The highest BCUT2D eigenvalue weighted by Gasteiger charge is 2.51. The van der Waals surface area contributed by atoms with Crippen LogP contribution in [0.15, 0.2) is 0 Å². The highest BCUT2D eigenvalue weighted by Crippen LogP contribution is 2.27. The van der Waals surface area contributed by atoms with Crippen LogP contribution in [0.1, 0.15) is 0 Å². The van der Waals surface area contributed by atoms with E-state index in [1.165, 1.54) is 0 Å². The first kappa shape index (κ1) is 14.6. The zero-order chi connectivity index (χ0) is 13.1. The van der Waals surface area contributed by atoms with Crippen molar-refractivity contribution in [2.75, 3.05) is 7.05 Å². The van der Waals surface area contributed by atoms with Crippen molar-refractivity contribution in [2.45, 2.75) is 18.3 Å². The number of hydrogen-bond donors (Lipinski definition) is 4. The van der Waals surface area contributed by atoms with Gasteiger partial charge in [-0.15, -0.1) is 0 Å². The van der Waals surface area contributed by atoms with Crippen LogP contribution in [-0.2, 0) is 9.59 Å². The van der Waals surface area contributed by atoms with Crippen molar-refractivity contribution >= 4 is 11.9 Å². The Kier molecular flexibility index (Phi) is 4.69. The number of aliphatic hydroxyl groups is 1. The summed E-state index contributed by atoms with van der Waals surface area (Å²) in [6, 6.07) is -2.64. The molecule has 4 N–H and O–H groups in total. The molecule has 0 radical (unpaired) electrons. The molecule has 0 spiro atoms. The first-order valence-electron chi connectivity index (χ1n) is 4.00. The van der Waals surface area contributed by atoms with E-state index in [1.54, 1.807) is 5.32 Å². The number of hydrogen-bond acceptors (Lipinski definition) is 4. The zero-order valence-corrected chi connectivity index (χ0v) is 8.02. The van der Waals surface area contributed by atoms with E-state index in [1.807, 2.05) is 0 Å². The van der Waals surface area contributed by atoms with Crippen LogP contribution in [0.5, 0.6) is 0 Å². The van der Waals surface area contributed by atoms with Gasteiger partial charge in [-0.2, -0.15) is 13.2 Å². The SMILES string of the molecule is CN[C@@H]([C@@H](C(=O)O)[C@@H](O)C(=O)O)C(F)(F)F. The van der Waals surface area contributed by atoms with Crippen LogP contribution in [0.3, 0.4) is 0 Å². The summed E-state index contributed by atoms with van der Waals surface area (Å²) in [6.07, 6.45) is -7.62. The standard InChI is InChI=1S/C7H10F3NO5/c1-11-4(7(8,9)10)2(5(13)14)3(12)6(15)16/h2-4,11-12H,1H3,(H,13,14)(H,15,16)/t2-,3+,4-/m0/s1. The molecule has 0 aliphatic heterocycles. The number of rotatable bonds is 5. The topological polar surface area (TPSA) is 107 Å². The molecule has 0 aromatic carbocycles. The van der Waals surface area contributed by atoms with Crippen LogP contribution < -0.4 is 5.32 Å². The normalized spacial score (nSPS) is 17.6. The molecule has 0 saturated heterocycles. The Bertz CT molecular complexity index is 280. The lowest BCUT2D eigenvalue weighted by atomic mass is 9.93. The van der Waals surface area contributed by atoms with Gasteiger partial charge in [0.25, 0.3) is 0 Å². The van der Waals surface area contributed by atoms with Gasteiger partial charge in [0.1, 0.15) is 12.0 Å². The van der Waals surface area contributed by atoms with Crippen LogP contribution in [0.25, 0.3) is 0 Å². The second kappa shape index (κ2) is 5.12. The van der Waals surface area contributed by atoms with Gasteiger partial charge < -0.3 is 20.6 Å². The Hall–Kier alpha value is -1.35. The number of carboxylic acids is 2. The van der Waals surface area contributed by atoms with E-state index in [2.05, 4.69) is 0 Å². The van der Waals surface area contributed by atoms with Crippen molar-refractivity contribution < 1.29 is 38.1 Å². The largest absolute Gasteiger partial charge is 0.481 e. The summed E-state index contributed by atoms with van der Waals surface area (Å²) in [7, 11) is 0.822. The van der Waals surface area contributed by atoms with Crippen LogP contribution >= 0.6 is 0 Å². The maximum atomic E-state index is 12.3. The molecule has 9 heteroatoms. The van der Waals surface area contributed by atoms with Gasteiger partial charge in [-0.25, -0.2) is 4.79 Å². The van der Waals surface area contributed by atoms with Crippen molar-refractivity contribution in [1.82, 2.24) is 5.32 Å². The van der Waals surface area contributed by atoms with Gasteiger partial charge in [0, 0.05) is 0 Å². The van der Waals surface area contributed by atoms with Crippen molar-refractivity contribution in [3.8, 4) is 0 Å². The molecular weight excluding hydrogens is 235 g/mol. The van der Waals surface area contributed by atoms with Crippen LogP contribution in [0, 0.1) is 5.92 Å². The minimum atomic E-state index is -4.98. The fraction of sp³-hybridized carbons (Fsp3) is 0.714. The molecule has 94 valence electrons. The second-order valence-electron chi connectivity index (χ2n) is 2.96. The fourth-order valence-corrected chi connectivity index (χ4v) is 1.16. The molecule has 0 heterocycles. The number of aliphatic carboxylic acids is 2. The van der Waals surface area contributed by atoms with Crippen LogP contribution in [-0.4, -0.2) is 52.6 Å². The monoisotopic (exact) mass is 245 g/mol. The molecular formula is C7H10F3NO5. The maximum Gasteiger partial charge on any atom is 0.404 e. The molecule has 0 amide bonds. The Labute approximate surface area is 87.7 Å². The van der Waals surface area contributed by atoms with Gasteiger partial charge in [-0.05, 0) is 7.05 Å². The summed E-state index contributed by atoms with van der Waals surface area (Å²) in [6.45, 7) is 0. The molecule has 0 rings (SSSR count). The van der Waals surface area contributed by atoms with Gasteiger partial charge >= 0.3 is 18.1 Å². The average molecular weight is 245 g/mol. The second-order valence-corrected chi connectivity index (χ2v) is 2.96. The van der Waals surface area contributed by atoms with Crippen molar-refractivity contribution in [3.05, 3.63) is 0 Å². The Morgan fingerprint density at radius 3 is 1.81 bits per heavy atom. The lowest BCUT2D eigenvalue weighted by Crippen LogP contribution is -2.54. The quantitative estimate of drug-likeness (QED) is 0.509. The molecule has 16 heavy (non-hydrogen) atoms. The molecule has 0 bridgehead atoms. The average Bonchev–Trinajstić information content (AvgIpc) is 2.09. The minimum absolute atomic E-state index is 0.822. The molecule has 0 aromatic heterocycles. The minimum Gasteiger partial charge on any atom is -0.481 e. The number of halogens is 3. The number of aliphatic hydroxyl groups excluding tert-OH is 1. The van der Waals surface area contributed by atoms with Gasteiger partial charge in [0.15, 0.2) is 6.10 Å². The zero-order valence-electron chi connectivity index (χ0n) is 8.02. The summed E-state index contributed by atoms with van der Waals surface area (Å²) >= 11 is 0. The summed E-state index contributed by atoms with van der Waals surface area (Å²) in [5.74, 6) is -6.59. The molecule has 0 aliphatic carbocycles. The first-order chi connectivity index (χ1) is 7.12. The highest BCUT2D eigenvalue weighted by molar-refractivity contribution is 5.82. The van der Waals surface area contributed by atoms with Crippen LogP contribution in [0.4, 0.5) is 13.2 Å². The third-order valence-electron chi connectivity index (χ3n) is 1.90. The maximum absolute atomic E-state index is 12.3. The van der Waals surface area contributed by atoms with E-state index in [9.17, 15) is 22.8 Å². The van der Waals surface area contributed by atoms with E-state index in [0.29, 0.717) is 0 Å². The third kappa shape index (κ3) is 3.35. The number of nitrogens with one attached hydrogen (secondary N) is 1. The predicted molar refractivity (Wildman–Crippen MR) is 43.7 cm³/mol.